The molecule has 2 bridgehead atoms. The molecule has 0 saturated heterocycles. The fourth-order valence-corrected chi connectivity index (χ4v) is 7.85. The molecule has 0 spiro atoms. The average molecular weight is 599 g/mol. The Morgan fingerprint density at radius 3 is 2.26 bits per heavy atom. The molecule has 0 radical (unpaired) electrons. The van der Waals surface area contributed by atoms with E-state index in [9.17, 15) is 35.2 Å². The van der Waals surface area contributed by atoms with Crippen LogP contribution in [0.1, 0.15) is 58.4 Å². The lowest BCUT2D eigenvalue weighted by Crippen LogP contribution is -2.78. The Balaban J connectivity index is 1.50. The van der Waals surface area contributed by atoms with Crippen LogP contribution in [0.5, 0.6) is 0 Å². The SMILES string of the molecule is CC(F)(F)CCS(=O)(=O)N(Cc1ccc(Cl)cc1)C12CC(C3=N[C@@H](C(=O)NCCC(F)(F)F)C(C)(C)N3)(C1)C2. The topological polar surface area (TPSA) is 90.9 Å². The first kappa shape index (κ1) is 30.0. The molecule has 7 nitrogen and oxygen atoms in total. The van der Waals surface area contributed by atoms with Crippen LogP contribution in [0.2, 0.25) is 5.02 Å². The molecule has 3 aliphatic carbocycles. The summed E-state index contributed by atoms with van der Waals surface area (Å²) in [4.78, 5) is 17.2. The summed E-state index contributed by atoms with van der Waals surface area (Å²) in [7, 11) is -4.06. The van der Waals surface area contributed by atoms with E-state index in [1.54, 1.807) is 38.1 Å². The minimum absolute atomic E-state index is 0.000498. The molecule has 1 aromatic carbocycles. The van der Waals surface area contributed by atoms with Crippen LogP contribution in [-0.4, -0.2) is 66.0 Å². The molecule has 1 amide bonds. The summed E-state index contributed by atoms with van der Waals surface area (Å²) in [6, 6.07) is 5.68. The first-order valence-electron chi connectivity index (χ1n) is 12.6. The number of halogens is 6. The third-order valence-electron chi connectivity index (χ3n) is 7.75. The van der Waals surface area contributed by atoms with Crippen molar-refractivity contribution in [3.63, 3.8) is 0 Å². The number of aliphatic imine (C=N–C) groups is 1. The molecule has 3 saturated carbocycles. The van der Waals surface area contributed by atoms with Gasteiger partial charge in [-0.2, -0.15) is 17.5 Å². The van der Waals surface area contributed by atoms with Gasteiger partial charge in [-0.15, -0.1) is 0 Å². The monoisotopic (exact) mass is 598 g/mol. The number of alkyl halides is 5. The minimum Gasteiger partial charge on any atom is -0.366 e. The molecule has 1 atom stereocenters. The molecule has 14 heteroatoms. The van der Waals surface area contributed by atoms with Crippen molar-refractivity contribution in [1.29, 1.82) is 0 Å². The average Bonchev–Trinajstić information content (AvgIpc) is 3.04. The third kappa shape index (κ3) is 6.35. The van der Waals surface area contributed by atoms with E-state index in [1.807, 2.05) is 0 Å². The lowest BCUT2D eigenvalue weighted by molar-refractivity contribution is -0.151. The van der Waals surface area contributed by atoms with Crippen LogP contribution in [0, 0.1) is 5.41 Å². The van der Waals surface area contributed by atoms with Gasteiger partial charge in [-0.3, -0.25) is 9.79 Å². The van der Waals surface area contributed by atoms with Crippen molar-refractivity contribution in [2.45, 2.75) is 88.6 Å². The van der Waals surface area contributed by atoms with Gasteiger partial charge in [0.25, 0.3) is 0 Å². The van der Waals surface area contributed by atoms with Gasteiger partial charge < -0.3 is 10.6 Å². The number of nitrogens with zero attached hydrogens (tertiary/aromatic N) is 2. The molecular formula is C25H32ClF5N4O3S. The van der Waals surface area contributed by atoms with E-state index >= 15 is 0 Å². The van der Waals surface area contributed by atoms with Gasteiger partial charge in [-0.1, -0.05) is 23.7 Å². The van der Waals surface area contributed by atoms with Crippen molar-refractivity contribution in [3.05, 3.63) is 34.9 Å². The lowest BCUT2D eigenvalue weighted by Gasteiger charge is -2.73. The van der Waals surface area contributed by atoms with Gasteiger partial charge in [0.2, 0.25) is 21.9 Å². The van der Waals surface area contributed by atoms with Gasteiger partial charge in [-0.25, -0.2) is 17.2 Å². The Morgan fingerprint density at radius 2 is 1.72 bits per heavy atom. The molecule has 2 N–H and O–H groups in total. The number of sulfonamides is 1. The fourth-order valence-electron chi connectivity index (χ4n) is 5.76. The van der Waals surface area contributed by atoms with Crippen molar-refractivity contribution in [2.75, 3.05) is 12.3 Å². The Bertz CT molecular complexity index is 1230. The standard InChI is InChI=1S/C25H32ClF5N4O3S/c1-21(2)18(19(36)32-10-8-25(29,30)31)33-20(34-21)23-13-24(14-23,15-23)35(12-16-4-6-17(26)7-5-16)39(37,38)11-9-22(3,27)28/h4-7,18H,8-15H2,1-3H3,(H,32,36)(H,33,34)/t18-,23?,24?/m0/s1. The highest BCUT2D eigenvalue weighted by Crippen LogP contribution is 2.71. The predicted molar refractivity (Wildman–Crippen MR) is 137 cm³/mol. The van der Waals surface area contributed by atoms with E-state index < -0.39 is 75.7 Å². The van der Waals surface area contributed by atoms with Crippen LogP contribution in [-0.2, 0) is 21.4 Å². The highest BCUT2D eigenvalue weighted by Gasteiger charge is 2.75. The molecule has 0 aromatic heterocycles. The van der Waals surface area contributed by atoms with Gasteiger partial charge in [0.05, 0.1) is 17.7 Å². The second-order valence-electron chi connectivity index (χ2n) is 11.7. The maximum absolute atomic E-state index is 13.6. The Kier molecular flexibility index (Phi) is 7.56. The molecule has 1 aliphatic heterocycles. The quantitative estimate of drug-likeness (QED) is 0.363. The number of hydrogen-bond acceptors (Lipinski definition) is 5. The first-order valence-corrected chi connectivity index (χ1v) is 14.6. The maximum atomic E-state index is 13.6. The zero-order valence-corrected chi connectivity index (χ0v) is 23.4. The van der Waals surface area contributed by atoms with Crippen LogP contribution < -0.4 is 10.6 Å². The van der Waals surface area contributed by atoms with Crippen LogP contribution >= 0.6 is 11.6 Å². The van der Waals surface area contributed by atoms with E-state index in [0.717, 1.165) is 0 Å². The van der Waals surface area contributed by atoms with Crippen LogP contribution in [0.3, 0.4) is 0 Å². The Morgan fingerprint density at radius 1 is 1.13 bits per heavy atom. The lowest BCUT2D eigenvalue weighted by atomic mass is 9.38. The van der Waals surface area contributed by atoms with E-state index in [1.165, 1.54) is 4.31 Å². The summed E-state index contributed by atoms with van der Waals surface area (Å²) in [5.74, 6) is -3.94. The summed E-state index contributed by atoms with van der Waals surface area (Å²) in [5.41, 5.74) is -1.48. The van der Waals surface area contributed by atoms with Crippen molar-refractivity contribution in [2.24, 2.45) is 10.4 Å². The molecule has 1 heterocycles. The largest absolute Gasteiger partial charge is 0.390 e. The van der Waals surface area contributed by atoms with E-state index in [2.05, 4.69) is 15.6 Å². The smallest absolute Gasteiger partial charge is 0.366 e. The second kappa shape index (κ2) is 9.83. The van der Waals surface area contributed by atoms with Gasteiger partial charge in [-0.05, 0) is 57.7 Å². The van der Waals surface area contributed by atoms with Crippen molar-refractivity contribution in [3.8, 4) is 0 Å². The van der Waals surface area contributed by atoms with Crippen molar-refractivity contribution >= 4 is 33.4 Å². The van der Waals surface area contributed by atoms with Crippen molar-refractivity contribution < 1.29 is 35.2 Å². The summed E-state index contributed by atoms with van der Waals surface area (Å²) in [5, 5.41) is 6.01. The van der Waals surface area contributed by atoms with Crippen molar-refractivity contribution in [1.82, 2.24) is 14.9 Å². The first-order chi connectivity index (χ1) is 17.8. The third-order valence-corrected chi connectivity index (χ3v) is 9.91. The Hall–Kier alpha value is -1.99. The normalized spacial score (nSPS) is 27.8. The number of amides is 1. The summed E-state index contributed by atoms with van der Waals surface area (Å²) in [6.45, 7) is 3.58. The van der Waals surface area contributed by atoms with E-state index in [4.69, 9.17) is 11.6 Å². The second-order valence-corrected chi connectivity index (χ2v) is 14.1. The molecule has 1 aromatic rings. The highest BCUT2D eigenvalue weighted by molar-refractivity contribution is 7.89. The molecule has 39 heavy (non-hydrogen) atoms. The number of rotatable bonds is 11. The van der Waals surface area contributed by atoms with E-state index in [0.29, 0.717) is 42.6 Å². The molecule has 218 valence electrons. The van der Waals surface area contributed by atoms with Crippen LogP contribution in [0.25, 0.3) is 0 Å². The highest BCUT2D eigenvalue weighted by atomic mass is 35.5. The van der Waals surface area contributed by atoms with Gasteiger partial charge >= 0.3 is 6.18 Å². The molecule has 5 rings (SSSR count). The summed E-state index contributed by atoms with van der Waals surface area (Å²) in [6.07, 6.45) is -5.18. The minimum atomic E-state index is -4.39. The predicted octanol–water partition coefficient (Wildman–Crippen LogP) is 4.66. The zero-order chi connectivity index (χ0) is 29.1. The summed E-state index contributed by atoms with van der Waals surface area (Å²) < 4.78 is 92.5. The summed E-state index contributed by atoms with van der Waals surface area (Å²) >= 11 is 5.96. The number of carbonyl (C=O) groups is 1. The Labute approximate surface area is 229 Å². The molecular weight excluding hydrogens is 567 g/mol. The van der Waals surface area contributed by atoms with Gasteiger partial charge in [0.1, 0.15) is 5.84 Å². The molecule has 4 aliphatic rings. The van der Waals surface area contributed by atoms with Crippen LogP contribution in [0.4, 0.5) is 22.0 Å². The van der Waals surface area contributed by atoms with Crippen LogP contribution in [0.15, 0.2) is 29.3 Å². The number of nitrogens with one attached hydrogen (secondary N) is 2. The maximum Gasteiger partial charge on any atom is 0.390 e. The number of amidine groups is 1. The number of carbonyl (C=O) groups excluding carboxylic acids is 1. The van der Waals surface area contributed by atoms with Gasteiger partial charge in [0, 0.05) is 35.5 Å². The zero-order valence-electron chi connectivity index (χ0n) is 21.8. The van der Waals surface area contributed by atoms with E-state index in [-0.39, 0.29) is 6.54 Å². The molecule has 3 fully saturated rings. The number of benzene rings is 1. The van der Waals surface area contributed by atoms with Gasteiger partial charge in [0.15, 0.2) is 6.04 Å². The number of hydrogen-bond donors (Lipinski definition) is 2. The fraction of sp³-hybridized carbons (Fsp3) is 0.680. The molecule has 0 unspecified atom stereocenters.